The van der Waals surface area contributed by atoms with Crippen molar-refractivity contribution in [2.45, 2.75) is 13.2 Å². The number of carbonyl (C=O) groups excluding carboxylic acids is 1. The Morgan fingerprint density at radius 1 is 1.28 bits per heavy atom. The van der Waals surface area contributed by atoms with Crippen molar-refractivity contribution in [1.29, 1.82) is 0 Å². The van der Waals surface area contributed by atoms with E-state index in [1.807, 2.05) is 36.0 Å². The highest BCUT2D eigenvalue weighted by atomic mass is 32.2. The summed E-state index contributed by atoms with van der Waals surface area (Å²) in [5.41, 5.74) is 1.81. The molecule has 0 aliphatic carbocycles. The Morgan fingerprint density at radius 3 is 2.61 bits per heavy atom. The van der Waals surface area contributed by atoms with Crippen LogP contribution < -0.4 is 10.6 Å². The zero-order valence-corrected chi connectivity index (χ0v) is 11.0. The van der Waals surface area contributed by atoms with Crippen LogP contribution in [-0.2, 0) is 13.2 Å². The van der Waals surface area contributed by atoms with Gasteiger partial charge in [-0.15, -0.1) is 0 Å². The average molecular weight is 266 g/mol. The number of carbonyl (C=O) groups is 1. The minimum Gasteiger partial charge on any atom is -0.392 e. The third kappa shape index (κ3) is 3.65. The second kappa shape index (κ2) is 6.66. The van der Waals surface area contributed by atoms with Gasteiger partial charge < -0.3 is 15.7 Å². The number of aliphatic hydroxyl groups is 1. The topological polar surface area (TPSA) is 61.4 Å². The molecule has 98 valence electrons. The molecule has 4 nitrogen and oxygen atoms in total. The summed E-state index contributed by atoms with van der Waals surface area (Å²) < 4.78 is 0. The number of benzene rings is 1. The Kier molecular flexibility index (Phi) is 4.90. The molecule has 1 aromatic carbocycles. The van der Waals surface area contributed by atoms with Crippen molar-refractivity contribution in [3.63, 3.8) is 0 Å². The Morgan fingerprint density at radius 2 is 2.00 bits per heavy atom. The summed E-state index contributed by atoms with van der Waals surface area (Å²) in [6, 6.07) is 7.41. The van der Waals surface area contributed by atoms with Crippen LogP contribution in [0.25, 0.3) is 0 Å². The molecule has 2 rings (SSSR count). The molecule has 1 aliphatic rings. The van der Waals surface area contributed by atoms with Crippen LogP contribution in [0.4, 0.5) is 4.79 Å². The van der Waals surface area contributed by atoms with Gasteiger partial charge in [0.15, 0.2) is 0 Å². The normalized spacial score (nSPS) is 14.9. The molecular formula is C13H18N2O2S. The zero-order valence-electron chi connectivity index (χ0n) is 10.2. The molecule has 1 fully saturated rings. The van der Waals surface area contributed by atoms with Gasteiger partial charge in [0, 0.05) is 13.1 Å². The van der Waals surface area contributed by atoms with Crippen molar-refractivity contribution >= 4 is 17.8 Å². The second-order valence-corrected chi connectivity index (χ2v) is 5.47. The van der Waals surface area contributed by atoms with E-state index in [2.05, 4.69) is 10.6 Å². The van der Waals surface area contributed by atoms with Gasteiger partial charge >= 0.3 is 6.03 Å². The number of thioether (sulfide) groups is 1. The van der Waals surface area contributed by atoms with Gasteiger partial charge in [0.25, 0.3) is 0 Å². The quantitative estimate of drug-likeness (QED) is 0.754. The first-order valence-corrected chi connectivity index (χ1v) is 7.22. The van der Waals surface area contributed by atoms with Crippen molar-refractivity contribution in [3.8, 4) is 0 Å². The number of hydrogen-bond acceptors (Lipinski definition) is 3. The molecule has 0 spiro atoms. The van der Waals surface area contributed by atoms with Crippen molar-refractivity contribution in [3.05, 3.63) is 35.4 Å². The standard InChI is InChI=1S/C13H18N2O2S/c16-7-12-4-2-1-3-11(12)6-15-13(17)14-5-10-8-18-9-10/h1-4,10,16H,5-9H2,(H2,14,15,17). The lowest BCUT2D eigenvalue weighted by Crippen LogP contribution is -2.40. The molecule has 0 bridgehead atoms. The summed E-state index contributed by atoms with van der Waals surface area (Å²) in [7, 11) is 0. The molecule has 0 aromatic heterocycles. The van der Waals surface area contributed by atoms with Crippen LogP contribution in [0.1, 0.15) is 11.1 Å². The van der Waals surface area contributed by atoms with Gasteiger partial charge in [0.05, 0.1) is 6.61 Å². The Bertz CT molecular complexity index is 408. The van der Waals surface area contributed by atoms with E-state index >= 15 is 0 Å². The average Bonchev–Trinajstić information content (AvgIpc) is 2.35. The van der Waals surface area contributed by atoms with Crippen molar-refractivity contribution in [1.82, 2.24) is 10.6 Å². The van der Waals surface area contributed by atoms with E-state index in [1.165, 1.54) is 0 Å². The smallest absolute Gasteiger partial charge is 0.315 e. The summed E-state index contributed by atoms with van der Waals surface area (Å²) >= 11 is 1.91. The van der Waals surface area contributed by atoms with Gasteiger partial charge in [-0.2, -0.15) is 11.8 Å². The van der Waals surface area contributed by atoms with Gasteiger partial charge in [-0.3, -0.25) is 0 Å². The highest BCUT2D eigenvalue weighted by Crippen LogP contribution is 2.23. The molecule has 1 aromatic rings. The minimum atomic E-state index is -0.139. The Hall–Kier alpha value is -1.20. The Balaban J connectivity index is 1.74. The predicted octanol–water partition coefficient (Wildman–Crippen LogP) is 1.34. The van der Waals surface area contributed by atoms with Crippen molar-refractivity contribution in [2.24, 2.45) is 5.92 Å². The molecule has 0 saturated carbocycles. The first-order chi connectivity index (χ1) is 8.79. The second-order valence-electron chi connectivity index (χ2n) is 4.39. The maximum Gasteiger partial charge on any atom is 0.315 e. The van der Waals surface area contributed by atoms with Crippen LogP contribution in [0.5, 0.6) is 0 Å². The van der Waals surface area contributed by atoms with Gasteiger partial charge in [-0.05, 0) is 28.6 Å². The van der Waals surface area contributed by atoms with Crippen LogP contribution in [0.3, 0.4) is 0 Å². The van der Waals surface area contributed by atoms with Crippen LogP contribution in [0.15, 0.2) is 24.3 Å². The van der Waals surface area contributed by atoms with E-state index in [0.717, 1.165) is 29.2 Å². The molecule has 1 saturated heterocycles. The van der Waals surface area contributed by atoms with Crippen LogP contribution in [0, 0.1) is 5.92 Å². The van der Waals surface area contributed by atoms with E-state index in [-0.39, 0.29) is 12.6 Å². The molecule has 0 unspecified atom stereocenters. The molecule has 0 atom stereocenters. The van der Waals surface area contributed by atoms with E-state index in [0.29, 0.717) is 12.5 Å². The fourth-order valence-corrected chi connectivity index (χ4v) is 2.57. The number of aliphatic hydroxyl groups excluding tert-OH is 1. The molecule has 0 radical (unpaired) electrons. The number of urea groups is 1. The molecule has 5 heteroatoms. The highest BCUT2D eigenvalue weighted by Gasteiger charge is 2.18. The van der Waals surface area contributed by atoms with Crippen LogP contribution in [0.2, 0.25) is 0 Å². The molecule has 2 amide bonds. The monoisotopic (exact) mass is 266 g/mol. The maximum atomic E-state index is 11.6. The number of rotatable bonds is 5. The van der Waals surface area contributed by atoms with E-state index in [1.54, 1.807) is 0 Å². The van der Waals surface area contributed by atoms with Gasteiger partial charge in [-0.25, -0.2) is 4.79 Å². The molecular weight excluding hydrogens is 248 g/mol. The number of nitrogens with one attached hydrogen (secondary N) is 2. The fourth-order valence-electron chi connectivity index (χ4n) is 1.76. The summed E-state index contributed by atoms with van der Waals surface area (Å²) in [6.45, 7) is 1.20. The lowest BCUT2D eigenvalue weighted by molar-refractivity contribution is 0.239. The zero-order chi connectivity index (χ0) is 12.8. The van der Waals surface area contributed by atoms with E-state index in [9.17, 15) is 4.79 Å². The predicted molar refractivity (Wildman–Crippen MR) is 73.4 cm³/mol. The highest BCUT2D eigenvalue weighted by molar-refractivity contribution is 8.00. The summed E-state index contributed by atoms with van der Waals surface area (Å²) in [4.78, 5) is 11.6. The first-order valence-electron chi connectivity index (χ1n) is 6.06. The first kappa shape index (κ1) is 13.2. The van der Waals surface area contributed by atoms with Crippen LogP contribution in [-0.4, -0.2) is 29.2 Å². The van der Waals surface area contributed by atoms with Crippen molar-refractivity contribution in [2.75, 3.05) is 18.1 Å². The van der Waals surface area contributed by atoms with Crippen LogP contribution >= 0.6 is 11.8 Å². The van der Waals surface area contributed by atoms with Gasteiger partial charge in [0.2, 0.25) is 0 Å². The number of hydrogen-bond donors (Lipinski definition) is 3. The summed E-state index contributed by atoms with van der Waals surface area (Å²) in [5.74, 6) is 2.92. The lowest BCUT2D eigenvalue weighted by Gasteiger charge is -2.24. The summed E-state index contributed by atoms with van der Waals surface area (Å²) in [6.07, 6.45) is 0. The minimum absolute atomic E-state index is 0.00122. The molecule has 1 heterocycles. The van der Waals surface area contributed by atoms with Gasteiger partial charge in [0.1, 0.15) is 0 Å². The van der Waals surface area contributed by atoms with E-state index < -0.39 is 0 Å². The summed E-state index contributed by atoms with van der Waals surface area (Å²) in [5, 5.41) is 14.8. The molecule has 1 aliphatic heterocycles. The van der Waals surface area contributed by atoms with E-state index in [4.69, 9.17) is 5.11 Å². The molecule has 18 heavy (non-hydrogen) atoms. The Labute approximate surface area is 111 Å². The number of amides is 2. The maximum absolute atomic E-state index is 11.6. The van der Waals surface area contributed by atoms with Gasteiger partial charge in [-0.1, -0.05) is 24.3 Å². The fraction of sp³-hybridized carbons (Fsp3) is 0.462. The third-order valence-electron chi connectivity index (χ3n) is 2.99. The SMILES string of the molecule is O=C(NCc1ccccc1CO)NCC1CSC1. The largest absolute Gasteiger partial charge is 0.392 e. The lowest BCUT2D eigenvalue weighted by atomic mass is 10.1. The molecule has 3 N–H and O–H groups in total. The van der Waals surface area contributed by atoms with Crippen molar-refractivity contribution < 1.29 is 9.90 Å². The third-order valence-corrected chi connectivity index (χ3v) is 4.40.